The fourth-order valence-electron chi connectivity index (χ4n) is 3.21. The van der Waals surface area contributed by atoms with E-state index < -0.39 is 0 Å². The predicted octanol–water partition coefficient (Wildman–Crippen LogP) is 2.51. The lowest BCUT2D eigenvalue weighted by atomic mass is 10.1. The summed E-state index contributed by atoms with van der Waals surface area (Å²) < 4.78 is 7.09. The Morgan fingerprint density at radius 1 is 1.08 bits per heavy atom. The molecule has 1 aromatic heterocycles. The van der Waals surface area contributed by atoms with Crippen molar-refractivity contribution in [3.05, 3.63) is 60.3 Å². The number of amides is 1. The molecule has 0 aliphatic carbocycles. The second-order valence-corrected chi connectivity index (χ2v) is 6.48. The van der Waals surface area contributed by atoms with Crippen LogP contribution in [0.2, 0.25) is 0 Å². The molecular formula is C20H22N4O2. The van der Waals surface area contributed by atoms with Gasteiger partial charge in [-0.3, -0.25) is 14.4 Å². The largest absolute Gasteiger partial charge is 0.379 e. The summed E-state index contributed by atoms with van der Waals surface area (Å²) >= 11 is 0. The third kappa shape index (κ3) is 3.92. The molecule has 26 heavy (non-hydrogen) atoms. The van der Waals surface area contributed by atoms with Crippen molar-refractivity contribution in [1.82, 2.24) is 14.7 Å². The SMILES string of the molecule is O=C(Cn1cc2ccccc2n1)Nc1ccccc1CN1CCOCC1. The predicted molar refractivity (Wildman–Crippen MR) is 101 cm³/mol. The molecule has 2 aromatic carbocycles. The van der Waals surface area contributed by atoms with Crippen LogP contribution in [-0.2, 0) is 22.6 Å². The van der Waals surface area contributed by atoms with Gasteiger partial charge in [0.15, 0.2) is 0 Å². The molecular weight excluding hydrogens is 328 g/mol. The average Bonchev–Trinajstić information content (AvgIpc) is 3.06. The Labute approximate surface area is 152 Å². The number of para-hydroxylation sites is 1. The minimum absolute atomic E-state index is 0.0766. The molecule has 0 spiro atoms. The highest BCUT2D eigenvalue weighted by Crippen LogP contribution is 2.18. The minimum Gasteiger partial charge on any atom is -0.379 e. The van der Waals surface area contributed by atoms with Crippen LogP contribution in [-0.4, -0.2) is 46.9 Å². The van der Waals surface area contributed by atoms with E-state index in [2.05, 4.69) is 21.4 Å². The van der Waals surface area contributed by atoms with Gasteiger partial charge in [-0.1, -0.05) is 36.4 Å². The fourth-order valence-corrected chi connectivity index (χ4v) is 3.21. The van der Waals surface area contributed by atoms with Crippen molar-refractivity contribution in [2.24, 2.45) is 0 Å². The molecule has 1 aliphatic rings. The van der Waals surface area contributed by atoms with Gasteiger partial charge >= 0.3 is 0 Å². The van der Waals surface area contributed by atoms with Crippen molar-refractivity contribution in [2.75, 3.05) is 31.6 Å². The quantitative estimate of drug-likeness (QED) is 0.768. The van der Waals surface area contributed by atoms with Crippen LogP contribution in [0.5, 0.6) is 0 Å². The highest BCUT2D eigenvalue weighted by Gasteiger charge is 2.14. The van der Waals surface area contributed by atoms with Crippen LogP contribution < -0.4 is 5.32 Å². The Bertz CT molecular complexity index is 866. The third-order valence-corrected chi connectivity index (χ3v) is 4.56. The molecule has 2 heterocycles. The van der Waals surface area contributed by atoms with Crippen LogP contribution in [0.15, 0.2) is 54.7 Å². The lowest BCUT2D eigenvalue weighted by Gasteiger charge is -2.27. The van der Waals surface area contributed by atoms with Crippen LogP contribution in [0.25, 0.3) is 10.9 Å². The maximum atomic E-state index is 12.5. The summed E-state index contributed by atoms with van der Waals surface area (Å²) in [6, 6.07) is 15.8. The first-order valence-corrected chi connectivity index (χ1v) is 8.88. The molecule has 1 saturated heterocycles. The number of morpholine rings is 1. The summed E-state index contributed by atoms with van der Waals surface area (Å²) in [7, 11) is 0. The molecule has 0 bridgehead atoms. The van der Waals surface area contributed by atoms with Gasteiger partial charge in [0.25, 0.3) is 0 Å². The smallest absolute Gasteiger partial charge is 0.246 e. The number of hydrogen-bond donors (Lipinski definition) is 1. The Balaban J connectivity index is 1.43. The normalized spacial score (nSPS) is 15.2. The van der Waals surface area contributed by atoms with Gasteiger partial charge in [-0.05, 0) is 17.7 Å². The van der Waals surface area contributed by atoms with Crippen molar-refractivity contribution in [2.45, 2.75) is 13.1 Å². The van der Waals surface area contributed by atoms with Gasteiger partial charge in [-0.25, -0.2) is 0 Å². The average molecular weight is 350 g/mol. The van der Waals surface area contributed by atoms with Crippen LogP contribution in [0, 0.1) is 0 Å². The number of benzene rings is 2. The van der Waals surface area contributed by atoms with Crippen molar-refractivity contribution in [3.8, 4) is 0 Å². The standard InChI is InChI=1S/C20H22N4O2/c25-20(15-24-14-17-6-2-4-8-19(17)22-24)21-18-7-3-1-5-16(18)13-23-9-11-26-12-10-23/h1-8,14H,9-13,15H2,(H,21,25). The maximum absolute atomic E-state index is 12.5. The number of fused-ring (bicyclic) bond motifs is 1. The molecule has 0 radical (unpaired) electrons. The summed E-state index contributed by atoms with van der Waals surface area (Å²) in [5.41, 5.74) is 2.88. The van der Waals surface area contributed by atoms with Crippen LogP contribution >= 0.6 is 0 Å². The summed E-state index contributed by atoms with van der Waals surface area (Å²) in [6.45, 7) is 4.37. The van der Waals surface area contributed by atoms with E-state index >= 15 is 0 Å². The molecule has 4 rings (SSSR count). The highest BCUT2D eigenvalue weighted by molar-refractivity contribution is 5.91. The number of ether oxygens (including phenoxy) is 1. The molecule has 6 heteroatoms. The van der Waals surface area contributed by atoms with Gasteiger partial charge in [-0.15, -0.1) is 0 Å². The number of nitrogens with one attached hydrogen (secondary N) is 1. The Morgan fingerprint density at radius 3 is 2.69 bits per heavy atom. The van der Waals surface area contributed by atoms with Gasteiger partial charge in [0, 0.05) is 36.9 Å². The molecule has 0 saturated carbocycles. The zero-order valence-electron chi connectivity index (χ0n) is 14.6. The number of aromatic nitrogens is 2. The molecule has 1 amide bonds. The van der Waals surface area contributed by atoms with Crippen molar-refractivity contribution in [1.29, 1.82) is 0 Å². The van der Waals surface area contributed by atoms with Crippen molar-refractivity contribution < 1.29 is 9.53 Å². The molecule has 3 aromatic rings. The van der Waals surface area contributed by atoms with E-state index in [0.29, 0.717) is 0 Å². The maximum Gasteiger partial charge on any atom is 0.246 e. The minimum atomic E-state index is -0.0766. The first-order chi connectivity index (χ1) is 12.8. The van der Waals surface area contributed by atoms with Crippen LogP contribution in [0.4, 0.5) is 5.69 Å². The first kappa shape index (κ1) is 16.8. The second kappa shape index (κ2) is 7.68. The number of anilines is 1. The van der Waals surface area contributed by atoms with E-state index in [1.54, 1.807) is 4.68 Å². The van der Waals surface area contributed by atoms with E-state index in [1.165, 1.54) is 0 Å². The molecule has 1 N–H and O–H groups in total. The third-order valence-electron chi connectivity index (χ3n) is 4.56. The number of hydrogen-bond acceptors (Lipinski definition) is 4. The molecule has 0 atom stereocenters. The lowest BCUT2D eigenvalue weighted by molar-refractivity contribution is -0.116. The Kier molecular flexibility index (Phi) is 4.95. The molecule has 0 unspecified atom stereocenters. The highest BCUT2D eigenvalue weighted by atomic mass is 16.5. The van der Waals surface area contributed by atoms with Gasteiger partial charge in [0.05, 0.1) is 18.7 Å². The molecule has 6 nitrogen and oxygen atoms in total. The number of carbonyl (C=O) groups is 1. The van der Waals surface area contributed by atoms with Gasteiger partial charge in [-0.2, -0.15) is 5.10 Å². The zero-order chi connectivity index (χ0) is 17.8. The Hall–Kier alpha value is -2.70. The van der Waals surface area contributed by atoms with E-state index in [0.717, 1.165) is 55.0 Å². The summed E-state index contributed by atoms with van der Waals surface area (Å²) in [4.78, 5) is 14.8. The monoisotopic (exact) mass is 350 g/mol. The van der Waals surface area contributed by atoms with Crippen LogP contribution in [0.3, 0.4) is 0 Å². The van der Waals surface area contributed by atoms with E-state index in [9.17, 15) is 4.79 Å². The van der Waals surface area contributed by atoms with Gasteiger partial charge in [0.2, 0.25) is 5.91 Å². The van der Waals surface area contributed by atoms with E-state index in [1.807, 2.05) is 48.7 Å². The summed E-state index contributed by atoms with van der Waals surface area (Å²) in [6.07, 6.45) is 1.90. The van der Waals surface area contributed by atoms with Crippen LogP contribution in [0.1, 0.15) is 5.56 Å². The number of rotatable bonds is 5. The summed E-state index contributed by atoms with van der Waals surface area (Å²) in [5, 5.41) is 8.51. The van der Waals surface area contributed by atoms with Gasteiger partial charge in [0.1, 0.15) is 6.54 Å². The summed E-state index contributed by atoms with van der Waals surface area (Å²) in [5.74, 6) is -0.0766. The van der Waals surface area contributed by atoms with Gasteiger partial charge < -0.3 is 10.1 Å². The first-order valence-electron chi connectivity index (χ1n) is 8.88. The van der Waals surface area contributed by atoms with Crippen molar-refractivity contribution in [3.63, 3.8) is 0 Å². The molecule has 1 aliphatic heterocycles. The number of carbonyl (C=O) groups excluding carboxylic acids is 1. The lowest BCUT2D eigenvalue weighted by Crippen LogP contribution is -2.35. The van der Waals surface area contributed by atoms with E-state index in [4.69, 9.17) is 4.74 Å². The van der Waals surface area contributed by atoms with E-state index in [-0.39, 0.29) is 12.5 Å². The Morgan fingerprint density at radius 2 is 1.85 bits per heavy atom. The molecule has 134 valence electrons. The zero-order valence-corrected chi connectivity index (χ0v) is 14.6. The van der Waals surface area contributed by atoms with Crippen molar-refractivity contribution >= 4 is 22.5 Å². The second-order valence-electron chi connectivity index (χ2n) is 6.48. The molecule has 1 fully saturated rings. The number of nitrogens with zero attached hydrogens (tertiary/aromatic N) is 3. The fraction of sp³-hybridized carbons (Fsp3) is 0.300. The topological polar surface area (TPSA) is 59.4 Å².